The molecule has 168 valence electrons. The maximum absolute atomic E-state index is 13.1. The minimum absolute atomic E-state index is 0.0851. The third-order valence-corrected chi connectivity index (χ3v) is 6.12. The molecule has 1 aromatic heterocycles. The SMILES string of the molecule is CCOc1ccc(N2CN=c3sc(=Cc4cc(OC)c(OC)c(OC)c4)c(=O)n3C2)cc1. The first-order valence-corrected chi connectivity index (χ1v) is 10.9. The number of benzene rings is 2. The predicted molar refractivity (Wildman–Crippen MR) is 124 cm³/mol. The summed E-state index contributed by atoms with van der Waals surface area (Å²) in [5.74, 6) is 2.40. The number of fused-ring (bicyclic) bond motifs is 1. The molecule has 0 saturated carbocycles. The van der Waals surface area contributed by atoms with Crippen molar-refractivity contribution in [3.05, 3.63) is 61.6 Å². The highest BCUT2D eigenvalue weighted by molar-refractivity contribution is 7.07. The fourth-order valence-corrected chi connectivity index (χ4v) is 4.49. The summed E-state index contributed by atoms with van der Waals surface area (Å²) in [6, 6.07) is 11.4. The number of anilines is 1. The molecule has 4 rings (SSSR count). The van der Waals surface area contributed by atoms with E-state index < -0.39 is 0 Å². The van der Waals surface area contributed by atoms with Crippen molar-refractivity contribution in [1.29, 1.82) is 0 Å². The molecule has 0 N–H and O–H groups in total. The van der Waals surface area contributed by atoms with E-state index in [1.807, 2.05) is 54.3 Å². The fourth-order valence-electron chi connectivity index (χ4n) is 3.53. The van der Waals surface area contributed by atoms with Crippen molar-refractivity contribution in [1.82, 2.24) is 4.57 Å². The maximum atomic E-state index is 13.1. The number of nitrogens with zero attached hydrogens (tertiary/aromatic N) is 3. The lowest BCUT2D eigenvalue weighted by Gasteiger charge is -2.25. The lowest BCUT2D eigenvalue weighted by Crippen LogP contribution is -2.42. The summed E-state index contributed by atoms with van der Waals surface area (Å²) in [5.41, 5.74) is 1.67. The highest BCUT2D eigenvalue weighted by Gasteiger charge is 2.17. The second-order valence-electron chi connectivity index (χ2n) is 6.99. The zero-order valence-electron chi connectivity index (χ0n) is 18.5. The van der Waals surface area contributed by atoms with Crippen molar-refractivity contribution < 1.29 is 18.9 Å². The quantitative estimate of drug-likeness (QED) is 0.544. The molecule has 8 nitrogen and oxygen atoms in total. The third-order valence-electron chi connectivity index (χ3n) is 5.07. The van der Waals surface area contributed by atoms with Crippen molar-refractivity contribution in [2.75, 3.05) is 39.5 Å². The van der Waals surface area contributed by atoms with Crippen molar-refractivity contribution >= 4 is 23.1 Å². The van der Waals surface area contributed by atoms with Crippen LogP contribution in [-0.4, -0.2) is 39.2 Å². The van der Waals surface area contributed by atoms with E-state index in [4.69, 9.17) is 18.9 Å². The Balaban J connectivity index is 1.67. The number of ether oxygens (including phenoxy) is 4. The van der Waals surface area contributed by atoms with E-state index in [1.165, 1.54) is 11.3 Å². The van der Waals surface area contributed by atoms with Gasteiger partial charge in [0.2, 0.25) is 5.75 Å². The van der Waals surface area contributed by atoms with Gasteiger partial charge >= 0.3 is 0 Å². The Kier molecular flexibility index (Phi) is 6.36. The zero-order valence-corrected chi connectivity index (χ0v) is 19.3. The molecule has 0 amide bonds. The third kappa shape index (κ3) is 4.16. The maximum Gasteiger partial charge on any atom is 0.271 e. The summed E-state index contributed by atoms with van der Waals surface area (Å²) in [6.07, 6.45) is 1.82. The van der Waals surface area contributed by atoms with Gasteiger partial charge in [0.05, 0.1) is 32.5 Å². The summed E-state index contributed by atoms with van der Waals surface area (Å²) in [4.78, 5) is 20.5. The second kappa shape index (κ2) is 9.35. The summed E-state index contributed by atoms with van der Waals surface area (Å²) >= 11 is 1.37. The molecule has 0 aliphatic carbocycles. The zero-order chi connectivity index (χ0) is 22.7. The average Bonchev–Trinajstić information content (AvgIpc) is 3.13. The first-order chi connectivity index (χ1) is 15.6. The first kappa shape index (κ1) is 21.8. The molecule has 0 radical (unpaired) electrons. The van der Waals surface area contributed by atoms with Crippen LogP contribution >= 0.6 is 11.3 Å². The van der Waals surface area contributed by atoms with E-state index in [9.17, 15) is 4.79 Å². The molecule has 0 unspecified atom stereocenters. The number of thiazole rings is 1. The van der Waals surface area contributed by atoms with Gasteiger partial charge in [0, 0.05) is 5.69 Å². The first-order valence-electron chi connectivity index (χ1n) is 10.1. The Morgan fingerprint density at radius 2 is 1.75 bits per heavy atom. The Labute approximate surface area is 189 Å². The predicted octanol–water partition coefficient (Wildman–Crippen LogP) is 2.22. The van der Waals surface area contributed by atoms with Gasteiger partial charge in [-0.2, -0.15) is 0 Å². The van der Waals surface area contributed by atoms with Gasteiger partial charge in [-0.25, -0.2) is 4.99 Å². The molecular formula is C23H25N3O5S. The van der Waals surface area contributed by atoms with Crippen LogP contribution in [0.1, 0.15) is 12.5 Å². The van der Waals surface area contributed by atoms with Gasteiger partial charge in [0.15, 0.2) is 16.3 Å². The van der Waals surface area contributed by atoms with Crippen LogP contribution in [0.2, 0.25) is 0 Å². The standard InChI is InChI=1S/C23H25N3O5S/c1-5-31-17-8-6-16(7-9-17)25-13-24-23-26(14-25)22(27)20(32-23)12-15-10-18(28-2)21(30-4)19(11-15)29-3/h6-12H,5,13-14H2,1-4H3. The average molecular weight is 456 g/mol. The van der Waals surface area contributed by atoms with Gasteiger partial charge in [-0.1, -0.05) is 11.3 Å². The van der Waals surface area contributed by atoms with Crippen LogP contribution in [0.3, 0.4) is 0 Å². The lowest BCUT2D eigenvalue weighted by molar-refractivity contribution is 0.324. The minimum atomic E-state index is -0.0851. The topological polar surface area (TPSA) is 74.5 Å². The van der Waals surface area contributed by atoms with Gasteiger partial charge in [-0.05, 0) is 55.0 Å². The van der Waals surface area contributed by atoms with E-state index in [0.29, 0.717) is 46.5 Å². The molecule has 1 aliphatic heterocycles. The number of hydrogen-bond donors (Lipinski definition) is 0. The molecule has 0 fully saturated rings. The molecule has 2 aromatic carbocycles. The lowest BCUT2D eigenvalue weighted by atomic mass is 10.1. The molecule has 0 spiro atoms. The summed E-state index contributed by atoms with van der Waals surface area (Å²) in [7, 11) is 4.68. The Morgan fingerprint density at radius 1 is 1.06 bits per heavy atom. The van der Waals surface area contributed by atoms with E-state index >= 15 is 0 Å². The smallest absolute Gasteiger partial charge is 0.271 e. The van der Waals surface area contributed by atoms with Gasteiger partial charge < -0.3 is 23.8 Å². The van der Waals surface area contributed by atoms with Gasteiger partial charge in [-0.3, -0.25) is 9.36 Å². The van der Waals surface area contributed by atoms with E-state index in [0.717, 1.165) is 17.0 Å². The van der Waals surface area contributed by atoms with Gasteiger partial charge in [0.25, 0.3) is 5.56 Å². The van der Waals surface area contributed by atoms with Crippen molar-refractivity contribution in [2.45, 2.75) is 13.6 Å². The van der Waals surface area contributed by atoms with Crippen molar-refractivity contribution in [3.63, 3.8) is 0 Å². The molecule has 32 heavy (non-hydrogen) atoms. The van der Waals surface area contributed by atoms with Crippen molar-refractivity contribution in [2.24, 2.45) is 4.99 Å². The number of rotatable bonds is 7. The Bertz CT molecular complexity index is 1260. The number of aromatic nitrogens is 1. The fraction of sp³-hybridized carbons (Fsp3) is 0.304. The molecule has 3 aromatic rings. The Morgan fingerprint density at radius 3 is 2.34 bits per heavy atom. The molecule has 1 aliphatic rings. The Hall–Kier alpha value is -3.46. The van der Waals surface area contributed by atoms with Crippen LogP contribution in [0, 0.1) is 0 Å². The summed E-state index contributed by atoms with van der Waals surface area (Å²) in [5, 5.41) is 0. The van der Waals surface area contributed by atoms with Crippen LogP contribution in [0.15, 0.2) is 46.2 Å². The van der Waals surface area contributed by atoms with Crippen molar-refractivity contribution in [3.8, 4) is 23.0 Å². The summed E-state index contributed by atoms with van der Waals surface area (Å²) < 4.78 is 24.0. The molecular weight excluding hydrogens is 430 g/mol. The van der Waals surface area contributed by atoms with E-state index in [1.54, 1.807) is 25.9 Å². The molecule has 2 heterocycles. The monoisotopic (exact) mass is 455 g/mol. The van der Waals surface area contributed by atoms with Crippen LogP contribution in [-0.2, 0) is 6.67 Å². The van der Waals surface area contributed by atoms with Crippen LogP contribution < -0.4 is 38.7 Å². The van der Waals surface area contributed by atoms with Gasteiger partial charge in [-0.15, -0.1) is 0 Å². The van der Waals surface area contributed by atoms with E-state index in [2.05, 4.69) is 4.99 Å². The van der Waals surface area contributed by atoms with E-state index in [-0.39, 0.29) is 5.56 Å². The molecule has 0 atom stereocenters. The number of hydrogen-bond acceptors (Lipinski definition) is 8. The van der Waals surface area contributed by atoms with Crippen LogP contribution in [0.4, 0.5) is 5.69 Å². The molecule has 0 bridgehead atoms. The molecule has 0 saturated heterocycles. The highest BCUT2D eigenvalue weighted by atomic mass is 32.1. The normalized spacial score (nSPS) is 13.4. The number of methoxy groups -OCH3 is 3. The van der Waals surface area contributed by atoms with Crippen LogP contribution in [0.5, 0.6) is 23.0 Å². The largest absolute Gasteiger partial charge is 0.494 e. The second-order valence-corrected chi connectivity index (χ2v) is 8.00. The summed E-state index contributed by atoms with van der Waals surface area (Å²) in [6.45, 7) is 3.49. The van der Waals surface area contributed by atoms with Crippen LogP contribution in [0.25, 0.3) is 6.08 Å². The minimum Gasteiger partial charge on any atom is -0.494 e. The molecule has 9 heteroatoms. The van der Waals surface area contributed by atoms with Gasteiger partial charge in [0.1, 0.15) is 19.1 Å². The highest BCUT2D eigenvalue weighted by Crippen LogP contribution is 2.38.